The van der Waals surface area contributed by atoms with Crippen LogP contribution in [0.5, 0.6) is 0 Å². The average Bonchev–Trinajstić information content (AvgIpc) is 2.65. The lowest BCUT2D eigenvalue weighted by molar-refractivity contribution is -0.144. The summed E-state index contributed by atoms with van der Waals surface area (Å²) in [4.78, 5) is 13.6. The lowest BCUT2D eigenvalue weighted by Crippen LogP contribution is -2.46. The van der Waals surface area contributed by atoms with Crippen molar-refractivity contribution in [2.24, 2.45) is 0 Å². The van der Waals surface area contributed by atoms with Gasteiger partial charge in [-0.15, -0.1) is 0 Å². The van der Waals surface area contributed by atoms with Gasteiger partial charge in [-0.05, 0) is 38.3 Å². The maximum absolute atomic E-state index is 11.4. The maximum Gasteiger partial charge on any atom is 0.320 e. The maximum atomic E-state index is 11.4. The summed E-state index contributed by atoms with van der Waals surface area (Å²) in [6.45, 7) is 3.05. The van der Waals surface area contributed by atoms with Gasteiger partial charge in [0, 0.05) is 6.04 Å². The highest BCUT2D eigenvalue weighted by Crippen LogP contribution is 2.21. The van der Waals surface area contributed by atoms with Crippen molar-refractivity contribution >= 4 is 5.97 Å². The Hall–Kier alpha value is -1.35. The summed E-state index contributed by atoms with van der Waals surface area (Å²) in [5.41, 5.74) is 1.28. The minimum absolute atomic E-state index is 0.279. The second kappa shape index (κ2) is 6.71. The van der Waals surface area contributed by atoms with E-state index in [1.54, 1.807) is 0 Å². The molecule has 104 valence electrons. The van der Waals surface area contributed by atoms with Gasteiger partial charge in [-0.25, -0.2) is 0 Å². The molecule has 0 spiro atoms. The van der Waals surface area contributed by atoms with Gasteiger partial charge < -0.3 is 5.11 Å². The normalized spacial score (nSPS) is 22.7. The molecule has 19 heavy (non-hydrogen) atoms. The summed E-state index contributed by atoms with van der Waals surface area (Å²) in [6.07, 6.45) is 5.01. The molecule has 1 aromatic carbocycles. The van der Waals surface area contributed by atoms with Gasteiger partial charge in [-0.3, -0.25) is 9.69 Å². The summed E-state index contributed by atoms with van der Waals surface area (Å²) in [6, 6.07) is 10.3. The van der Waals surface area contributed by atoms with E-state index in [9.17, 15) is 9.90 Å². The number of hydrogen-bond donors (Lipinski definition) is 1. The lowest BCUT2D eigenvalue weighted by atomic mass is 10.0. The van der Waals surface area contributed by atoms with Gasteiger partial charge in [0.05, 0.1) is 0 Å². The largest absolute Gasteiger partial charge is 0.480 e. The molecule has 1 N–H and O–H groups in total. The number of benzene rings is 1. The van der Waals surface area contributed by atoms with Gasteiger partial charge >= 0.3 is 5.97 Å². The van der Waals surface area contributed by atoms with E-state index < -0.39 is 5.97 Å². The summed E-state index contributed by atoms with van der Waals surface area (Å²) in [5.74, 6) is -0.665. The predicted octanol–water partition coefficient (Wildman–Crippen LogP) is 2.95. The van der Waals surface area contributed by atoms with Gasteiger partial charge in [-0.2, -0.15) is 0 Å². The first-order valence-electron chi connectivity index (χ1n) is 7.21. The highest BCUT2D eigenvalue weighted by Gasteiger charge is 2.30. The Morgan fingerprint density at radius 2 is 2.05 bits per heavy atom. The monoisotopic (exact) mass is 261 g/mol. The molecular formula is C16H23NO2. The molecule has 0 amide bonds. The van der Waals surface area contributed by atoms with Crippen molar-refractivity contribution in [2.45, 2.75) is 51.1 Å². The second-order valence-corrected chi connectivity index (χ2v) is 5.48. The fraction of sp³-hybridized carbons (Fsp3) is 0.562. The first-order valence-corrected chi connectivity index (χ1v) is 7.21. The van der Waals surface area contributed by atoms with E-state index in [2.05, 4.69) is 24.0 Å². The van der Waals surface area contributed by atoms with Crippen LogP contribution in [0.2, 0.25) is 0 Å². The van der Waals surface area contributed by atoms with Gasteiger partial charge in [0.1, 0.15) is 6.04 Å². The summed E-state index contributed by atoms with van der Waals surface area (Å²) < 4.78 is 0. The number of carboxylic acids is 1. The van der Waals surface area contributed by atoms with E-state index in [0.717, 1.165) is 38.6 Å². The smallest absolute Gasteiger partial charge is 0.320 e. The molecule has 1 saturated heterocycles. The number of hydrogen-bond acceptors (Lipinski definition) is 2. The third-order valence-electron chi connectivity index (χ3n) is 4.02. The SMILES string of the molecule is CC(Cc1ccccc1)N1CCCCCC1C(=O)O. The highest BCUT2D eigenvalue weighted by molar-refractivity contribution is 5.73. The molecule has 0 radical (unpaired) electrons. The summed E-state index contributed by atoms with van der Waals surface area (Å²) in [7, 11) is 0. The zero-order valence-electron chi connectivity index (χ0n) is 11.6. The molecule has 1 fully saturated rings. The zero-order chi connectivity index (χ0) is 13.7. The van der Waals surface area contributed by atoms with Crippen LogP contribution in [0.4, 0.5) is 0 Å². The topological polar surface area (TPSA) is 40.5 Å². The molecule has 0 aromatic heterocycles. The Morgan fingerprint density at radius 3 is 2.74 bits per heavy atom. The zero-order valence-corrected chi connectivity index (χ0v) is 11.6. The molecule has 1 heterocycles. The molecule has 3 heteroatoms. The third-order valence-corrected chi connectivity index (χ3v) is 4.02. The van der Waals surface area contributed by atoms with Crippen LogP contribution in [0.25, 0.3) is 0 Å². The fourth-order valence-corrected chi connectivity index (χ4v) is 3.00. The molecule has 2 rings (SSSR count). The molecule has 1 aromatic rings. The summed E-state index contributed by atoms with van der Waals surface area (Å²) >= 11 is 0. The minimum Gasteiger partial charge on any atom is -0.480 e. The average molecular weight is 261 g/mol. The molecule has 3 nitrogen and oxygen atoms in total. The first kappa shape index (κ1) is 14.1. The van der Waals surface area contributed by atoms with E-state index >= 15 is 0 Å². The van der Waals surface area contributed by atoms with Crippen molar-refractivity contribution < 1.29 is 9.90 Å². The van der Waals surface area contributed by atoms with Crippen LogP contribution in [0.15, 0.2) is 30.3 Å². The van der Waals surface area contributed by atoms with Crippen molar-refractivity contribution in [3.63, 3.8) is 0 Å². The molecule has 2 atom stereocenters. The van der Waals surface area contributed by atoms with Crippen LogP contribution in [0.3, 0.4) is 0 Å². The van der Waals surface area contributed by atoms with Crippen LogP contribution >= 0.6 is 0 Å². The van der Waals surface area contributed by atoms with E-state index in [1.807, 2.05) is 18.2 Å². The quantitative estimate of drug-likeness (QED) is 0.906. The third kappa shape index (κ3) is 3.80. The molecule has 2 unspecified atom stereocenters. The van der Waals surface area contributed by atoms with Gasteiger partial charge in [0.15, 0.2) is 0 Å². The molecular weight excluding hydrogens is 238 g/mol. The van der Waals surface area contributed by atoms with Crippen molar-refractivity contribution in [3.8, 4) is 0 Å². The van der Waals surface area contributed by atoms with Crippen molar-refractivity contribution in [1.29, 1.82) is 0 Å². The fourth-order valence-electron chi connectivity index (χ4n) is 3.00. The van der Waals surface area contributed by atoms with E-state index in [0.29, 0.717) is 0 Å². The number of carbonyl (C=O) groups is 1. The van der Waals surface area contributed by atoms with Crippen molar-refractivity contribution in [2.75, 3.05) is 6.54 Å². The van der Waals surface area contributed by atoms with Crippen LogP contribution < -0.4 is 0 Å². The van der Waals surface area contributed by atoms with Crippen molar-refractivity contribution in [3.05, 3.63) is 35.9 Å². The molecule has 0 aliphatic carbocycles. The van der Waals surface area contributed by atoms with Gasteiger partial charge in [0.2, 0.25) is 0 Å². The second-order valence-electron chi connectivity index (χ2n) is 5.48. The number of rotatable bonds is 4. The van der Waals surface area contributed by atoms with Gasteiger partial charge in [0.25, 0.3) is 0 Å². The predicted molar refractivity (Wildman–Crippen MR) is 76.2 cm³/mol. The Balaban J connectivity index is 2.06. The standard InChI is InChI=1S/C16H23NO2/c1-13(12-14-8-4-2-5-9-14)17-11-7-3-6-10-15(17)16(18)19/h2,4-5,8-9,13,15H,3,6-7,10-12H2,1H3,(H,18,19). The van der Waals surface area contributed by atoms with Gasteiger partial charge in [-0.1, -0.05) is 43.2 Å². The molecule has 0 saturated carbocycles. The Labute approximate surface area is 115 Å². The highest BCUT2D eigenvalue weighted by atomic mass is 16.4. The Morgan fingerprint density at radius 1 is 1.32 bits per heavy atom. The Kier molecular flexibility index (Phi) is 4.97. The van der Waals surface area contributed by atoms with Crippen LogP contribution in [0, 0.1) is 0 Å². The molecule has 1 aliphatic heterocycles. The Bertz CT molecular complexity index is 404. The number of likely N-dealkylation sites (tertiary alicyclic amines) is 1. The molecule has 1 aliphatic rings. The lowest BCUT2D eigenvalue weighted by Gasteiger charge is -2.32. The summed E-state index contributed by atoms with van der Waals surface area (Å²) in [5, 5.41) is 9.41. The number of carboxylic acid groups (broad SMARTS) is 1. The van der Waals surface area contributed by atoms with Crippen LogP contribution in [0.1, 0.15) is 38.2 Å². The van der Waals surface area contributed by atoms with E-state index in [1.165, 1.54) is 5.56 Å². The first-order chi connectivity index (χ1) is 9.18. The van der Waals surface area contributed by atoms with Crippen LogP contribution in [-0.2, 0) is 11.2 Å². The number of aliphatic carboxylic acids is 1. The molecule has 0 bridgehead atoms. The minimum atomic E-state index is -0.665. The number of nitrogens with zero attached hydrogens (tertiary/aromatic N) is 1. The van der Waals surface area contributed by atoms with E-state index in [4.69, 9.17) is 0 Å². The van der Waals surface area contributed by atoms with Crippen molar-refractivity contribution in [1.82, 2.24) is 4.90 Å². The van der Waals surface area contributed by atoms with Crippen LogP contribution in [-0.4, -0.2) is 34.6 Å². The van der Waals surface area contributed by atoms with E-state index in [-0.39, 0.29) is 12.1 Å².